The highest BCUT2D eigenvalue weighted by Crippen LogP contribution is 2.34. The summed E-state index contributed by atoms with van der Waals surface area (Å²) in [5, 5.41) is 13.8. The van der Waals surface area contributed by atoms with Gasteiger partial charge in [-0.2, -0.15) is 18.2 Å². The molecule has 9 nitrogen and oxygen atoms in total. The van der Waals surface area contributed by atoms with Crippen molar-refractivity contribution in [2.24, 2.45) is 11.5 Å². The lowest BCUT2D eigenvalue weighted by Crippen LogP contribution is -2.32. The van der Waals surface area contributed by atoms with Crippen LogP contribution in [0.5, 0.6) is 0 Å². The second-order valence-corrected chi connectivity index (χ2v) is 10.2. The fourth-order valence-electron chi connectivity index (χ4n) is 4.56. The zero-order valence-corrected chi connectivity index (χ0v) is 22.8. The predicted octanol–water partition coefficient (Wildman–Crippen LogP) is 4.03. The van der Waals surface area contributed by atoms with Crippen molar-refractivity contribution in [3.63, 3.8) is 0 Å². The first-order chi connectivity index (χ1) is 19.5. The third-order valence-electron chi connectivity index (χ3n) is 6.65. The van der Waals surface area contributed by atoms with E-state index in [0.29, 0.717) is 65.9 Å². The smallest absolute Gasteiger partial charge is 0.370 e. The minimum Gasteiger partial charge on any atom is -0.370 e. The number of hydrogen-bond donors (Lipinski definition) is 6. The Bertz CT molecular complexity index is 1540. The van der Waals surface area contributed by atoms with Crippen molar-refractivity contribution in [1.29, 1.82) is 5.41 Å². The molecule has 0 saturated carbocycles. The van der Waals surface area contributed by atoms with Crippen LogP contribution in [0.3, 0.4) is 0 Å². The quantitative estimate of drug-likeness (QED) is 0.0863. The number of alkyl halides is 3. The lowest BCUT2D eigenvalue weighted by molar-refractivity contribution is -0.137. The number of H-pyrrole nitrogens is 1. The molecule has 0 aliphatic carbocycles. The number of aromatic nitrogens is 3. The average molecular weight is 569 g/mol. The molecule has 0 bridgehead atoms. The van der Waals surface area contributed by atoms with Crippen LogP contribution in [0.15, 0.2) is 59.5 Å². The normalized spacial score (nSPS) is 12.5. The molecule has 4 rings (SSSR count). The van der Waals surface area contributed by atoms with Crippen LogP contribution in [0.4, 0.5) is 13.2 Å². The third-order valence-corrected chi connectivity index (χ3v) is 6.65. The monoisotopic (exact) mass is 568 g/mol. The first-order valence-electron chi connectivity index (χ1n) is 13.5. The molecule has 0 aliphatic heterocycles. The Kier molecular flexibility index (Phi) is 9.46. The van der Waals surface area contributed by atoms with E-state index in [1.165, 1.54) is 10.6 Å². The van der Waals surface area contributed by atoms with Gasteiger partial charge in [0, 0.05) is 36.4 Å². The summed E-state index contributed by atoms with van der Waals surface area (Å²) in [5.74, 6) is -0.0482. The van der Waals surface area contributed by atoms with Gasteiger partial charge in [0.25, 0.3) is 0 Å². The molecule has 12 heteroatoms. The molecule has 0 saturated heterocycles. The number of fused-ring (bicyclic) bond motifs is 1. The lowest BCUT2D eigenvalue weighted by atomic mass is 9.99. The molecule has 0 spiro atoms. The van der Waals surface area contributed by atoms with Crippen molar-refractivity contribution in [3.8, 4) is 16.9 Å². The molecule has 0 amide bonds. The zero-order valence-electron chi connectivity index (χ0n) is 22.8. The topological polar surface area (TPSA) is 151 Å². The summed E-state index contributed by atoms with van der Waals surface area (Å²) in [7, 11) is 0. The zero-order chi connectivity index (χ0) is 29.6. The second-order valence-electron chi connectivity index (χ2n) is 10.2. The maximum Gasteiger partial charge on any atom is 0.416 e. The number of benzene rings is 2. The summed E-state index contributed by atoms with van der Waals surface area (Å²) in [4.78, 5) is 20.0. The van der Waals surface area contributed by atoms with Crippen LogP contribution in [-0.4, -0.2) is 39.6 Å². The number of aromatic amines is 1. The van der Waals surface area contributed by atoms with Crippen LogP contribution in [-0.2, 0) is 19.1 Å². The van der Waals surface area contributed by atoms with Crippen LogP contribution in [0.1, 0.15) is 42.9 Å². The van der Waals surface area contributed by atoms with Crippen molar-refractivity contribution in [1.82, 2.24) is 25.2 Å². The summed E-state index contributed by atoms with van der Waals surface area (Å²) < 4.78 is 42.5. The fraction of sp³-hybridized carbons (Fsp3) is 0.345. The largest absolute Gasteiger partial charge is 0.416 e. The second kappa shape index (κ2) is 13.0. The molecule has 0 unspecified atom stereocenters. The first-order valence-corrected chi connectivity index (χ1v) is 13.5. The van der Waals surface area contributed by atoms with Gasteiger partial charge in [0.1, 0.15) is 5.65 Å². The number of guanidine groups is 1. The minimum absolute atomic E-state index is 0.0203. The summed E-state index contributed by atoms with van der Waals surface area (Å²) in [6.45, 7) is 3.87. The summed E-state index contributed by atoms with van der Waals surface area (Å²) in [6.07, 6.45) is -0.171. The Labute approximate surface area is 235 Å². The van der Waals surface area contributed by atoms with Crippen molar-refractivity contribution >= 4 is 17.0 Å². The van der Waals surface area contributed by atoms with E-state index in [2.05, 4.69) is 20.6 Å². The number of aryl methyl sites for hydroxylation is 1. The summed E-state index contributed by atoms with van der Waals surface area (Å²) >= 11 is 0. The third kappa shape index (κ3) is 8.18. The SMILES string of the molecule is C[C@H](N)CCCc1cc(-c2cc3cn(-c4ccc(CNCCCNC(=N)N)cc4)c(=O)nc3[nH]2)cc(C(F)(F)F)c1. The Morgan fingerprint density at radius 2 is 1.85 bits per heavy atom. The van der Waals surface area contributed by atoms with Crippen LogP contribution >= 0.6 is 0 Å². The number of hydrogen-bond acceptors (Lipinski definition) is 5. The van der Waals surface area contributed by atoms with Crippen molar-refractivity contribution in [2.45, 2.75) is 51.4 Å². The number of nitrogens with zero attached hydrogens (tertiary/aromatic N) is 2. The molecule has 0 aliphatic rings. The van der Waals surface area contributed by atoms with E-state index in [0.717, 1.165) is 24.6 Å². The predicted molar refractivity (Wildman–Crippen MR) is 155 cm³/mol. The van der Waals surface area contributed by atoms with Crippen molar-refractivity contribution in [2.75, 3.05) is 13.1 Å². The Morgan fingerprint density at radius 1 is 1.10 bits per heavy atom. The molecule has 1 atom stereocenters. The molecule has 41 heavy (non-hydrogen) atoms. The standard InChI is InChI=1S/C29H35F3N8O/c1-18(33)4-2-5-20-12-21(14-23(13-20)29(30,31)32)25-15-22-17-40(28(41)39-26(22)38-25)24-8-6-19(7-9-24)16-36-10-3-11-37-27(34)35/h6-9,12-15,17-18,36H,2-5,10-11,16,33H2,1H3,(H4,34,35,37)(H,38,39,41)/t18-/m0/s1. The summed E-state index contributed by atoms with van der Waals surface area (Å²) in [6, 6.07) is 13.2. The Balaban J connectivity index is 1.53. The maximum atomic E-state index is 13.7. The van der Waals surface area contributed by atoms with Gasteiger partial charge in [-0.15, -0.1) is 0 Å². The first kappa shape index (κ1) is 29.8. The Morgan fingerprint density at radius 3 is 2.54 bits per heavy atom. The van der Waals surface area contributed by atoms with Gasteiger partial charge in [0.05, 0.1) is 11.3 Å². The highest BCUT2D eigenvalue weighted by Gasteiger charge is 2.31. The molecule has 0 radical (unpaired) electrons. The van der Waals surface area contributed by atoms with E-state index in [4.69, 9.17) is 16.9 Å². The minimum atomic E-state index is -4.49. The molecule has 0 fully saturated rings. The molecular weight excluding hydrogens is 533 g/mol. The fourth-order valence-corrected chi connectivity index (χ4v) is 4.56. The Hall–Kier alpha value is -4.16. The van der Waals surface area contributed by atoms with Gasteiger partial charge in [0.2, 0.25) is 0 Å². The molecule has 2 heterocycles. The van der Waals surface area contributed by atoms with E-state index >= 15 is 0 Å². The summed E-state index contributed by atoms with van der Waals surface area (Å²) in [5.41, 5.74) is 13.2. The van der Waals surface area contributed by atoms with Gasteiger partial charge in [0.15, 0.2) is 5.96 Å². The van der Waals surface area contributed by atoms with E-state index < -0.39 is 17.4 Å². The highest BCUT2D eigenvalue weighted by atomic mass is 19.4. The maximum absolute atomic E-state index is 13.7. The van der Waals surface area contributed by atoms with Crippen LogP contribution < -0.4 is 27.8 Å². The van der Waals surface area contributed by atoms with Crippen LogP contribution in [0.25, 0.3) is 28.0 Å². The van der Waals surface area contributed by atoms with Gasteiger partial charge >= 0.3 is 11.9 Å². The van der Waals surface area contributed by atoms with Crippen molar-refractivity contribution < 1.29 is 13.2 Å². The van der Waals surface area contributed by atoms with Crippen LogP contribution in [0.2, 0.25) is 0 Å². The highest BCUT2D eigenvalue weighted by molar-refractivity contribution is 5.82. The number of rotatable bonds is 12. The molecule has 4 aromatic rings. The van der Waals surface area contributed by atoms with Gasteiger partial charge in [-0.3, -0.25) is 9.98 Å². The molecule has 218 valence electrons. The van der Waals surface area contributed by atoms with E-state index in [1.54, 1.807) is 18.3 Å². The number of nitrogens with two attached hydrogens (primary N) is 2. The van der Waals surface area contributed by atoms with E-state index in [1.807, 2.05) is 31.2 Å². The lowest BCUT2D eigenvalue weighted by Gasteiger charge is -2.12. The van der Waals surface area contributed by atoms with E-state index in [-0.39, 0.29) is 12.0 Å². The molecule has 2 aromatic carbocycles. The van der Waals surface area contributed by atoms with Gasteiger partial charge in [-0.1, -0.05) is 12.1 Å². The average Bonchev–Trinajstić information content (AvgIpc) is 3.32. The molecular formula is C29H35F3N8O. The van der Waals surface area contributed by atoms with E-state index in [9.17, 15) is 18.0 Å². The van der Waals surface area contributed by atoms with Crippen LogP contribution in [0, 0.1) is 5.41 Å². The molecule has 8 N–H and O–H groups in total. The van der Waals surface area contributed by atoms with Gasteiger partial charge in [-0.25, -0.2) is 4.79 Å². The molecule has 2 aromatic heterocycles. The van der Waals surface area contributed by atoms with Gasteiger partial charge < -0.3 is 27.1 Å². The number of nitrogens with one attached hydrogen (secondary N) is 4. The number of halogens is 3. The van der Waals surface area contributed by atoms with Gasteiger partial charge in [-0.05, 0) is 92.2 Å². The van der Waals surface area contributed by atoms with Crippen molar-refractivity contribution in [3.05, 3.63) is 81.9 Å².